The number of aromatic nitrogens is 4. The van der Waals surface area contributed by atoms with Crippen LogP contribution in [0.25, 0.3) is 11.4 Å². The molecule has 5 rings (SSSR count). The highest BCUT2D eigenvalue weighted by Crippen LogP contribution is 2.37. The monoisotopic (exact) mass is 452 g/mol. The summed E-state index contributed by atoms with van der Waals surface area (Å²) in [6, 6.07) is 16.7. The molecule has 3 aromatic rings. The van der Waals surface area contributed by atoms with Crippen molar-refractivity contribution in [2.45, 2.75) is 24.9 Å². The van der Waals surface area contributed by atoms with E-state index in [4.69, 9.17) is 0 Å². The van der Waals surface area contributed by atoms with Crippen molar-refractivity contribution in [2.75, 3.05) is 29.9 Å². The Morgan fingerprint density at radius 2 is 1.78 bits per heavy atom. The Bertz CT molecular complexity index is 1210. The Morgan fingerprint density at radius 3 is 2.50 bits per heavy atom. The lowest BCUT2D eigenvalue weighted by Crippen LogP contribution is -2.46. The first-order valence-electron chi connectivity index (χ1n) is 10.7. The molecule has 32 heavy (non-hydrogen) atoms. The molecule has 1 amide bonds. The van der Waals surface area contributed by atoms with Gasteiger partial charge in [-0.1, -0.05) is 42.5 Å². The Balaban J connectivity index is 1.39. The van der Waals surface area contributed by atoms with Crippen LogP contribution in [0.2, 0.25) is 0 Å². The summed E-state index contributed by atoms with van der Waals surface area (Å²) in [6.07, 6.45) is 2.14. The lowest BCUT2D eigenvalue weighted by atomic mass is 10.0. The second kappa shape index (κ2) is 8.44. The van der Waals surface area contributed by atoms with E-state index in [0.717, 1.165) is 24.0 Å². The van der Waals surface area contributed by atoms with Crippen LogP contribution in [0.4, 0.5) is 5.69 Å². The van der Waals surface area contributed by atoms with Crippen LogP contribution in [-0.2, 0) is 14.6 Å². The van der Waals surface area contributed by atoms with Gasteiger partial charge in [-0.2, -0.15) is 0 Å². The molecular weight excluding hydrogens is 428 g/mol. The summed E-state index contributed by atoms with van der Waals surface area (Å²) in [5.41, 5.74) is 2.31. The first-order valence-corrected chi connectivity index (χ1v) is 12.5. The fourth-order valence-corrected chi connectivity index (χ4v) is 5.27. The second-order valence-corrected chi connectivity index (χ2v) is 10.6. The fraction of sp³-hybridized carbons (Fsp3) is 0.364. The van der Waals surface area contributed by atoms with Crippen LogP contribution in [0.5, 0.6) is 0 Å². The molecule has 1 aliphatic heterocycles. The number of amides is 1. The smallest absolute Gasteiger partial charge is 0.246 e. The number of anilines is 1. The van der Waals surface area contributed by atoms with Crippen molar-refractivity contribution in [1.29, 1.82) is 0 Å². The predicted octanol–water partition coefficient (Wildman–Crippen LogP) is 2.09. The van der Waals surface area contributed by atoms with Crippen LogP contribution in [0.3, 0.4) is 0 Å². The summed E-state index contributed by atoms with van der Waals surface area (Å²) >= 11 is 0. The third kappa shape index (κ3) is 4.42. The summed E-state index contributed by atoms with van der Waals surface area (Å²) in [4.78, 5) is 15.3. The van der Waals surface area contributed by atoms with E-state index in [1.54, 1.807) is 0 Å². The maximum absolute atomic E-state index is 13.4. The van der Waals surface area contributed by atoms with Crippen molar-refractivity contribution in [3.63, 3.8) is 0 Å². The summed E-state index contributed by atoms with van der Waals surface area (Å²) in [5.74, 6) is 0.602. The lowest BCUT2D eigenvalue weighted by Gasteiger charge is -2.33. The topological polar surface area (TPSA) is 110 Å². The number of hydrogen-bond acceptors (Lipinski definition) is 7. The van der Waals surface area contributed by atoms with Gasteiger partial charge >= 0.3 is 0 Å². The first kappa shape index (κ1) is 20.8. The number of nitrogens with one attached hydrogen (secondary N) is 1. The van der Waals surface area contributed by atoms with Crippen molar-refractivity contribution in [2.24, 2.45) is 0 Å². The largest absolute Gasteiger partial charge is 0.324 e. The SMILES string of the molecule is O=C(Nc1cccc(-c2nnnn2C2CC2)c1)C(c1ccccc1)N1CCS(=O)(=O)CC1. The zero-order valence-electron chi connectivity index (χ0n) is 17.5. The van der Waals surface area contributed by atoms with Gasteiger partial charge in [-0.3, -0.25) is 9.69 Å². The highest BCUT2D eigenvalue weighted by molar-refractivity contribution is 7.91. The molecule has 2 aliphatic rings. The average Bonchev–Trinajstić information content (AvgIpc) is 3.52. The fourth-order valence-electron chi connectivity index (χ4n) is 4.04. The molecule has 2 heterocycles. The Labute approximate surface area is 186 Å². The summed E-state index contributed by atoms with van der Waals surface area (Å²) in [5, 5.41) is 15.1. The Hall–Kier alpha value is -3.11. The Morgan fingerprint density at radius 1 is 1.03 bits per heavy atom. The van der Waals surface area contributed by atoms with E-state index in [2.05, 4.69) is 20.8 Å². The van der Waals surface area contributed by atoms with Gasteiger partial charge in [0.15, 0.2) is 15.7 Å². The number of tetrazole rings is 1. The van der Waals surface area contributed by atoms with Gasteiger partial charge in [0.2, 0.25) is 5.91 Å². The maximum atomic E-state index is 13.4. The third-order valence-corrected chi connectivity index (χ3v) is 7.49. The molecule has 0 radical (unpaired) electrons. The van der Waals surface area contributed by atoms with Crippen molar-refractivity contribution in [1.82, 2.24) is 25.1 Å². The quantitative estimate of drug-likeness (QED) is 0.610. The summed E-state index contributed by atoms with van der Waals surface area (Å²) in [7, 11) is -3.05. The van der Waals surface area contributed by atoms with Crippen LogP contribution in [-0.4, -0.2) is 64.0 Å². The average molecular weight is 453 g/mol. The van der Waals surface area contributed by atoms with Crippen molar-refractivity contribution in [3.8, 4) is 11.4 Å². The number of rotatable bonds is 6. The molecule has 1 atom stereocenters. The minimum atomic E-state index is -3.05. The zero-order valence-corrected chi connectivity index (χ0v) is 18.3. The van der Waals surface area contributed by atoms with Crippen LogP contribution < -0.4 is 5.32 Å². The standard InChI is InChI=1S/C22H24N6O3S/c29-22(20(16-5-2-1-3-6-16)27-11-13-32(30,31)14-12-27)23-18-8-4-7-17(15-18)21-24-25-26-28(21)19-9-10-19/h1-8,15,19-20H,9-14H2,(H,23,29). The molecule has 166 valence electrons. The minimum absolute atomic E-state index is 0.0585. The van der Waals surface area contributed by atoms with Gasteiger partial charge in [-0.25, -0.2) is 13.1 Å². The van der Waals surface area contributed by atoms with Gasteiger partial charge in [0.25, 0.3) is 0 Å². The molecule has 9 nitrogen and oxygen atoms in total. The molecule has 1 aliphatic carbocycles. The predicted molar refractivity (Wildman–Crippen MR) is 120 cm³/mol. The van der Waals surface area contributed by atoms with Gasteiger partial charge in [0.05, 0.1) is 17.5 Å². The number of carbonyl (C=O) groups is 1. The molecule has 1 N–H and O–H groups in total. The third-order valence-electron chi connectivity index (χ3n) is 5.88. The van der Waals surface area contributed by atoms with Gasteiger partial charge in [-0.05, 0) is 41.0 Å². The van der Waals surface area contributed by atoms with Crippen molar-refractivity contribution < 1.29 is 13.2 Å². The van der Waals surface area contributed by atoms with E-state index < -0.39 is 15.9 Å². The van der Waals surface area contributed by atoms with Crippen molar-refractivity contribution >= 4 is 21.4 Å². The summed E-state index contributed by atoms with van der Waals surface area (Å²) < 4.78 is 25.6. The Kier molecular flexibility index (Phi) is 5.48. The van der Waals surface area contributed by atoms with Gasteiger partial charge in [0.1, 0.15) is 6.04 Å². The first-order chi connectivity index (χ1) is 15.5. The molecule has 1 saturated heterocycles. The zero-order chi connectivity index (χ0) is 22.1. The molecule has 2 fully saturated rings. The number of carbonyl (C=O) groups excluding carboxylic acids is 1. The van der Waals surface area contributed by atoms with Gasteiger partial charge < -0.3 is 5.32 Å². The number of sulfone groups is 1. The lowest BCUT2D eigenvalue weighted by molar-refractivity contribution is -0.121. The van der Waals surface area contributed by atoms with Gasteiger partial charge in [-0.15, -0.1) is 5.10 Å². The molecule has 0 spiro atoms. The highest BCUT2D eigenvalue weighted by atomic mass is 32.2. The molecule has 1 aromatic heterocycles. The summed E-state index contributed by atoms with van der Waals surface area (Å²) in [6.45, 7) is 0.650. The van der Waals surface area contributed by atoms with E-state index in [1.807, 2.05) is 64.2 Å². The molecule has 1 saturated carbocycles. The van der Waals surface area contributed by atoms with Crippen LogP contribution in [0, 0.1) is 0 Å². The van der Waals surface area contributed by atoms with E-state index in [9.17, 15) is 13.2 Å². The van der Waals surface area contributed by atoms with E-state index in [1.165, 1.54) is 0 Å². The van der Waals surface area contributed by atoms with E-state index >= 15 is 0 Å². The second-order valence-electron chi connectivity index (χ2n) is 8.25. The number of nitrogens with zero attached hydrogens (tertiary/aromatic N) is 5. The number of hydrogen-bond donors (Lipinski definition) is 1. The molecule has 0 bridgehead atoms. The molecule has 10 heteroatoms. The highest BCUT2D eigenvalue weighted by Gasteiger charge is 2.33. The van der Waals surface area contributed by atoms with Crippen molar-refractivity contribution in [3.05, 3.63) is 60.2 Å². The maximum Gasteiger partial charge on any atom is 0.246 e. The normalized spacial score (nSPS) is 19.4. The minimum Gasteiger partial charge on any atom is -0.324 e. The van der Waals surface area contributed by atoms with Crippen LogP contribution >= 0.6 is 0 Å². The van der Waals surface area contributed by atoms with E-state index in [0.29, 0.717) is 30.6 Å². The van der Waals surface area contributed by atoms with Gasteiger partial charge in [0, 0.05) is 24.3 Å². The van der Waals surface area contributed by atoms with E-state index in [-0.39, 0.29) is 17.4 Å². The molecule has 2 aromatic carbocycles. The van der Waals surface area contributed by atoms with Crippen LogP contribution in [0.15, 0.2) is 54.6 Å². The molecular formula is C22H24N6O3S. The van der Waals surface area contributed by atoms with Crippen LogP contribution in [0.1, 0.15) is 30.5 Å². The number of benzene rings is 2. The molecule has 1 unspecified atom stereocenters.